The van der Waals surface area contributed by atoms with Crippen molar-refractivity contribution in [3.63, 3.8) is 0 Å². The van der Waals surface area contributed by atoms with Gasteiger partial charge in [0.15, 0.2) is 0 Å². The molecule has 3 aromatic carbocycles. The van der Waals surface area contributed by atoms with Crippen LogP contribution in [0.3, 0.4) is 0 Å². The van der Waals surface area contributed by atoms with Gasteiger partial charge in [0, 0.05) is 5.56 Å². The Kier molecular flexibility index (Phi) is 5.29. The van der Waals surface area contributed by atoms with E-state index in [9.17, 15) is 5.26 Å². The van der Waals surface area contributed by atoms with Crippen LogP contribution in [0.4, 0.5) is 0 Å². The zero-order chi connectivity index (χ0) is 22.8. The Morgan fingerprint density at radius 3 is 2.45 bits per heavy atom. The Balaban J connectivity index is 1.62. The van der Waals surface area contributed by atoms with Crippen molar-refractivity contribution in [2.24, 2.45) is 5.73 Å². The van der Waals surface area contributed by atoms with E-state index in [2.05, 4.69) is 40.5 Å². The van der Waals surface area contributed by atoms with Crippen LogP contribution in [0, 0.1) is 11.3 Å². The molecule has 0 saturated heterocycles. The van der Waals surface area contributed by atoms with Crippen molar-refractivity contribution in [3.05, 3.63) is 101 Å². The van der Waals surface area contributed by atoms with E-state index in [-0.39, 0.29) is 5.88 Å². The Hall–Kier alpha value is -4.50. The fourth-order valence-electron chi connectivity index (χ4n) is 4.21. The maximum absolute atomic E-state index is 9.95. The number of benzene rings is 3. The van der Waals surface area contributed by atoms with Gasteiger partial charge in [-0.25, -0.2) is 0 Å². The van der Waals surface area contributed by atoms with Crippen LogP contribution < -0.4 is 15.2 Å². The van der Waals surface area contributed by atoms with Gasteiger partial charge in [-0.3, -0.25) is 5.10 Å². The smallest absolute Gasteiger partial charge is 0.244 e. The molecule has 0 bridgehead atoms. The molecular formula is C27H22N4O2. The molecule has 6 heteroatoms. The summed E-state index contributed by atoms with van der Waals surface area (Å²) >= 11 is 0. The number of fused-ring (bicyclic) bond motifs is 1. The maximum atomic E-state index is 9.95. The van der Waals surface area contributed by atoms with Crippen molar-refractivity contribution < 1.29 is 9.47 Å². The Morgan fingerprint density at radius 1 is 1.00 bits per heavy atom. The number of nitrogens with one attached hydrogen (secondary N) is 1. The first-order chi connectivity index (χ1) is 16.2. The summed E-state index contributed by atoms with van der Waals surface area (Å²) < 4.78 is 11.4. The van der Waals surface area contributed by atoms with Crippen LogP contribution in [0.1, 0.15) is 24.0 Å². The van der Waals surface area contributed by atoms with Crippen LogP contribution in [0.2, 0.25) is 0 Å². The van der Waals surface area contributed by atoms with E-state index in [4.69, 9.17) is 15.2 Å². The van der Waals surface area contributed by atoms with E-state index in [0.717, 1.165) is 39.3 Å². The predicted molar refractivity (Wildman–Crippen MR) is 126 cm³/mol. The van der Waals surface area contributed by atoms with E-state index in [1.165, 1.54) is 0 Å². The van der Waals surface area contributed by atoms with E-state index in [0.29, 0.717) is 18.1 Å². The number of aromatic nitrogens is 2. The van der Waals surface area contributed by atoms with Gasteiger partial charge < -0.3 is 15.2 Å². The fourth-order valence-corrected chi connectivity index (χ4v) is 4.21. The minimum Gasteiger partial charge on any atom is -0.494 e. The number of aromatic amines is 1. The third-order valence-corrected chi connectivity index (χ3v) is 5.72. The first kappa shape index (κ1) is 20.4. The van der Waals surface area contributed by atoms with Crippen molar-refractivity contribution in [3.8, 4) is 40.1 Å². The number of nitrogens with zero attached hydrogens (tertiary/aromatic N) is 2. The second kappa shape index (κ2) is 8.56. The van der Waals surface area contributed by atoms with Crippen LogP contribution >= 0.6 is 0 Å². The highest BCUT2D eigenvalue weighted by atomic mass is 16.5. The molecule has 3 N–H and O–H groups in total. The summed E-state index contributed by atoms with van der Waals surface area (Å²) in [6, 6.07) is 28.3. The molecule has 5 rings (SSSR count). The highest BCUT2D eigenvalue weighted by Gasteiger charge is 2.35. The molecule has 162 valence electrons. The van der Waals surface area contributed by atoms with Crippen molar-refractivity contribution in [1.82, 2.24) is 10.2 Å². The largest absolute Gasteiger partial charge is 0.494 e. The molecule has 1 atom stereocenters. The molecule has 0 saturated carbocycles. The lowest BCUT2D eigenvalue weighted by Gasteiger charge is -2.24. The monoisotopic (exact) mass is 434 g/mol. The lowest BCUT2D eigenvalue weighted by atomic mass is 9.82. The number of hydrogen-bond acceptors (Lipinski definition) is 5. The van der Waals surface area contributed by atoms with E-state index < -0.39 is 5.92 Å². The molecule has 0 radical (unpaired) electrons. The number of allylic oxidation sites excluding steroid dienone is 1. The molecule has 4 aromatic rings. The van der Waals surface area contributed by atoms with Gasteiger partial charge >= 0.3 is 0 Å². The minimum absolute atomic E-state index is 0.0725. The first-order valence-electron chi connectivity index (χ1n) is 10.7. The highest BCUT2D eigenvalue weighted by Crippen LogP contribution is 2.46. The molecule has 1 aliphatic rings. The normalized spacial score (nSPS) is 14.8. The maximum Gasteiger partial charge on any atom is 0.244 e. The summed E-state index contributed by atoms with van der Waals surface area (Å²) in [4.78, 5) is 0. The molecule has 33 heavy (non-hydrogen) atoms. The number of H-pyrrole nitrogens is 1. The topological polar surface area (TPSA) is 97.0 Å². The fraction of sp³-hybridized carbons (Fsp3) is 0.111. The molecule has 2 heterocycles. The standard InChI is InChI=1S/C27H22N4O2/c1-2-32-21-10-6-9-20(15-21)25-24-23(22(16-28)26(29)33-27(24)31-30-25)19-13-11-18(12-14-19)17-7-4-3-5-8-17/h3-15,23H,2,29H2,1H3,(H,30,31). The highest BCUT2D eigenvalue weighted by molar-refractivity contribution is 5.72. The molecule has 1 aromatic heterocycles. The van der Waals surface area contributed by atoms with Gasteiger partial charge in [-0.1, -0.05) is 66.7 Å². The Bertz CT molecular complexity index is 1370. The minimum atomic E-state index is -0.409. The van der Waals surface area contributed by atoms with Crippen LogP contribution in [-0.2, 0) is 0 Å². The van der Waals surface area contributed by atoms with Gasteiger partial charge in [-0.05, 0) is 35.7 Å². The van der Waals surface area contributed by atoms with Gasteiger partial charge in [0.2, 0.25) is 11.8 Å². The third kappa shape index (κ3) is 3.70. The molecule has 0 spiro atoms. The van der Waals surface area contributed by atoms with E-state index in [1.54, 1.807) is 0 Å². The summed E-state index contributed by atoms with van der Waals surface area (Å²) in [6.07, 6.45) is 0. The second-order valence-corrected chi connectivity index (χ2v) is 7.69. The lowest BCUT2D eigenvalue weighted by molar-refractivity contribution is 0.340. The zero-order valence-corrected chi connectivity index (χ0v) is 18.1. The summed E-state index contributed by atoms with van der Waals surface area (Å²) in [5.74, 6) is 0.797. The Morgan fingerprint density at radius 2 is 1.73 bits per heavy atom. The van der Waals surface area contributed by atoms with Gasteiger partial charge in [0.25, 0.3) is 0 Å². The average Bonchev–Trinajstić information content (AvgIpc) is 3.27. The van der Waals surface area contributed by atoms with Crippen LogP contribution in [0.25, 0.3) is 22.4 Å². The number of hydrogen-bond donors (Lipinski definition) is 2. The predicted octanol–water partition coefficient (Wildman–Crippen LogP) is 5.36. The van der Waals surface area contributed by atoms with Crippen LogP contribution in [-0.4, -0.2) is 16.8 Å². The lowest BCUT2D eigenvalue weighted by Crippen LogP contribution is -2.21. The molecule has 0 amide bonds. The van der Waals surface area contributed by atoms with E-state index in [1.807, 2.05) is 61.5 Å². The van der Waals surface area contributed by atoms with Crippen LogP contribution in [0.15, 0.2) is 90.3 Å². The summed E-state index contributed by atoms with van der Waals surface area (Å²) in [7, 11) is 0. The third-order valence-electron chi connectivity index (χ3n) is 5.72. The SMILES string of the molecule is CCOc1cccc(-c2[nH]nc3c2C(c2ccc(-c4ccccc4)cc2)C(C#N)=C(N)O3)c1. The molecule has 0 aliphatic carbocycles. The summed E-state index contributed by atoms with van der Waals surface area (Å²) in [6.45, 7) is 2.52. The summed E-state index contributed by atoms with van der Waals surface area (Å²) in [5.41, 5.74) is 12.1. The average molecular weight is 434 g/mol. The number of rotatable bonds is 5. The second-order valence-electron chi connectivity index (χ2n) is 7.69. The van der Waals surface area contributed by atoms with Crippen molar-refractivity contribution in [2.45, 2.75) is 12.8 Å². The molecular weight excluding hydrogens is 412 g/mol. The number of ether oxygens (including phenoxy) is 2. The number of nitrogens with two attached hydrogens (primary N) is 1. The number of nitriles is 1. The molecule has 6 nitrogen and oxygen atoms in total. The summed E-state index contributed by atoms with van der Waals surface area (Å²) in [5, 5.41) is 17.4. The zero-order valence-electron chi connectivity index (χ0n) is 18.1. The van der Waals surface area contributed by atoms with Gasteiger partial charge in [0.05, 0.1) is 23.8 Å². The van der Waals surface area contributed by atoms with Crippen LogP contribution in [0.5, 0.6) is 11.6 Å². The quantitative estimate of drug-likeness (QED) is 0.441. The molecule has 1 unspecified atom stereocenters. The van der Waals surface area contributed by atoms with Gasteiger partial charge in [-0.2, -0.15) is 5.26 Å². The van der Waals surface area contributed by atoms with Gasteiger partial charge in [0.1, 0.15) is 17.4 Å². The van der Waals surface area contributed by atoms with Crippen molar-refractivity contribution in [2.75, 3.05) is 6.61 Å². The first-order valence-corrected chi connectivity index (χ1v) is 10.7. The molecule has 1 aliphatic heterocycles. The molecule has 0 fully saturated rings. The van der Waals surface area contributed by atoms with E-state index >= 15 is 0 Å². The van der Waals surface area contributed by atoms with Crippen molar-refractivity contribution in [1.29, 1.82) is 5.26 Å². The van der Waals surface area contributed by atoms with Gasteiger partial charge in [-0.15, -0.1) is 5.10 Å². The Labute approximate surface area is 191 Å². The van der Waals surface area contributed by atoms with Crippen molar-refractivity contribution >= 4 is 0 Å².